The van der Waals surface area contributed by atoms with Gasteiger partial charge in [-0.15, -0.1) is 10.2 Å². The van der Waals surface area contributed by atoms with Crippen LogP contribution in [0.3, 0.4) is 0 Å². The number of aryl methyl sites for hydroxylation is 1. The highest BCUT2D eigenvalue weighted by Gasteiger charge is 2.45. The van der Waals surface area contributed by atoms with Crippen LogP contribution in [0, 0.1) is 10.1 Å². The number of non-ortho nitro benzene ring substituents is 1. The van der Waals surface area contributed by atoms with Gasteiger partial charge in [0.1, 0.15) is 10.6 Å². The molecule has 4 aromatic rings. The molecule has 1 atom stereocenters. The van der Waals surface area contributed by atoms with Crippen molar-refractivity contribution in [1.82, 2.24) is 10.2 Å². The second-order valence-electron chi connectivity index (χ2n) is 7.07. The first-order valence-corrected chi connectivity index (χ1v) is 10.7. The van der Waals surface area contributed by atoms with E-state index in [1.807, 2.05) is 6.92 Å². The number of hydrogen-bond donors (Lipinski definition) is 0. The number of carbonyl (C=O) groups is 1. The van der Waals surface area contributed by atoms with Crippen molar-refractivity contribution in [2.75, 3.05) is 4.90 Å². The molecule has 0 N–H and O–H groups in total. The first kappa shape index (κ1) is 20.3. The smallest absolute Gasteiger partial charge is 0.297 e. The van der Waals surface area contributed by atoms with Crippen LogP contribution in [-0.4, -0.2) is 21.0 Å². The lowest BCUT2D eigenvalue weighted by Gasteiger charge is -2.21. The summed E-state index contributed by atoms with van der Waals surface area (Å²) in [5.74, 6) is -0.627. The number of anilines is 1. The number of carbonyl (C=O) groups excluding carboxylic acids is 1. The Hall–Kier alpha value is -3.63. The van der Waals surface area contributed by atoms with Gasteiger partial charge in [0.25, 0.3) is 11.6 Å². The Kier molecular flexibility index (Phi) is 4.75. The first-order chi connectivity index (χ1) is 15.4. The molecule has 1 amide bonds. The fourth-order valence-electron chi connectivity index (χ4n) is 3.72. The summed E-state index contributed by atoms with van der Waals surface area (Å²) >= 11 is 7.31. The lowest BCUT2D eigenvalue weighted by molar-refractivity contribution is -0.384. The number of hydrogen-bond acceptors (Lipinski definition) is 8. The molecule has 2 aromatic carbocycles. The topological polar surface area (TPSA) is 119 Å². The number of benzene rings is 2. The van der Waals surface area contributed by atoms with E-state index in [-0.39, 0.29) is 28.0 Å². The van der Waals surface area contributed by atoms with Gasteiger partial charge in [-0.05, 0) is 42.3 Å². The van der Waals surface area contributed by atoms with Crippen molar-refractivity contribution in [3.63, 3.8) is 0 Å². The Balaban J connectivity index is 1.77. The highest BCUT2D eigenvalue weighted by atomic mass is 35.5. The van der Waals surface area contributed by atoms with Gasteiger partial charge in [-0.1, -0.05) is 29.9 Å². The van der Waals surface area contributed by atoms with E-state index < -0.39 is 22.3 Å². The molecule has 9 nitrogen and oxygen atoms in total. The number of nitro benzene ring substituents is 1. The molecule has 32 heavy (non-hydrogen) atoms. The maximum Gasteiger partial charge on any atom is 0.297 e. The third kappa shape index (κ3) is 3.07. The minimum absolute atomic E-state index is 0.0959. The third-order valence-corrected chi connectivity index (χ3v) is 6.52. The molecule has 1 aliphatic heterocycles. The van der Waals surface area contributed by atoms with Crippen LogP contribution in [0.4, 0.5) is 10.8 Å². The average Bonchev–Trinajstić information content (AvgIpc) is 3.37. The number of aromatic nitrogens is 2. The van der Waals surface area contributed by atoms with E-state index in [0.717, 1.165) is 5.01 Å². The lowest BCUT2D eigenvalue weighted by Crippen LogP contribution is -2.29. The fourth-order valence-corrected chi connectivity index (χ4v) is 4.70. The van der Waals surface area contributed by atoms with E-state index >= 15 is 0 Å². The van der Waals surface area contributed by atoms with Gasteiger partial charge in [-0.25, -0.2) is 0 Å². The number of fused-ring (bicyclic) bond motifs is 2. The summed E-state index contributed by atoms with van der Waals surface area (Å²) in [4.78, 5) is 38.8. The normalized spacial score (nSPS) is 15.4. The van der Waals surface area contributed by atoms with E-state index in [2.05, 4.69) is 10.2 Å². The van der Waals surface area contributed by atoms with Crippen LogP contribution in [0.5, 0.6) is 0 Å². The fraction of sp³-hybridized carbons (Fsp3) is 0.143. The van der Waals surface area contributed by atoms with Gasteiger partial charge in [0.05, 0.1) is 21.9 Å². The summed E-state index contributed by atoms with van der Waals surface area (Å²) in [6.07, 6.45) is 0.633. The zero-order valence-electron chi connectivity index (χ0n) is 16.4. The Labute approximate surface area is 189 Å². The van der Waals surface area contributed by atoms with Crippen molar-refractivity contribution in [2.45, 2.75) is 19.4 Å². The number of nitrogens with zero attached hydrogens (tertiary/aromatic N) is 4. The van der Waals surface area contributed by atoms with Crippen LogP contribution in [0.25, 0.3) is 11.0 Å². The highest BCUT2D eigenvalue weighted by Crippen LogP contribution is 2.42. The van der Waals surface area contributed by atoms with E-state index in [1.54, 1.807) is 6.07 Å². The highest BCUT2D eigenvalue weighted by molar-refractivity contribution is 7.15. The van der Waals surface area contributed by atoms with Crippen LogP contribution in [0.15, 0.2) is 51.7 Å². The standard InChI is InChI=1S/C21H13ClN4O5S/c1-2-15-23-24-21(32-15)25-17(10-3-6-12(7-4-10)26(29)30)16-18(27)13-9-11(22)5-8-14(13)31-19(16)20(25)28/h3-9,17H,2H2,1H3/t17-/m1/s1. The number of amides is 1. The van der Waals surface area contributed by atoms with Crippen LogP contribution >= 0.6 is 22.9 Å². The number of rotatable bonds is 4. The zero-order valence-corrected chi connectivity index (χ0v) is 18.0. The second-order valence-corrected chi connectivity index (χ2v) is 8.55. The molecule has 0 radical (unpaired) electrons. The monoisotopic (exact) mass is 468 g/mol. The zero-order chi connectivity index (χ0) is 22.6. The van der Waals surface area contributed by atoms with Gasteiger partial charge in [-0.3, -0.25) is 24.6 Å². The molecule has 160 valence electrons. The molecule has 0 bridgehead atoms. The van der Waals surface area contributed by atoms with Crippen LogP contribution < -0.4 is 10.3 Å². The summed E-state index contributed by atoms with van der Waals surface area (Å²) in [6.45, 7) is 1.92. The van der Waals surface area contributed by atoms with E-state index in [4.69, 9.17) is 16.0 Å². The van der Waals surface area contributed by atoms with Crippen molar-refractivity contribution in [2.24, 2.45) is 0 Å². The van der Waals surface area contributed by atoms with Gasteiger partial charge in [0.15, 0.2) is 5.43 Å². The molecule has 0 spiro atoms. The van der Waals surface area contributed by atoms with Crippen molar-refractivity contribution >= 4 is 50.6 Å². The summed E-state index contributed by atoms with van der Waals surface area (Å²) in [5.41, 5.74) is 0.369. The molecule has 0 saturated carbocycles. The molecule has 11 heteroatoms. The number of nitro groups is 1. The van der Waals surface area contributed by atoms with Crippen molar-refractivity contribution in [3.8, 4) is 0 Å². The molecule has 0 aliphatic carbocycles. The van der Waals surface area contributed by atoms with Crippen LogP contribution in [0.1, 0.15) is 39.7 Å². The molecular formula is C21H13ClN4O5S. The molecule has 1 aliphatic rings. The Bertz CT molecular complexity index is 1460. The molecule has 0 fully saturated rings. The minimum Gasteiger partial charge on any atom is -0.450 e. The van der Waals surface area contributed by atoms with Crippen molar-refractivity contribution < 1.29 is 14.1 Å². The summed E-state index contributed by atoms with van der Waals surface area (Å²) in [5, 5.41) is 20.9. The van der Waals surface area contributed by atoms with E-state index in [9.17, 15) is 19.7 Å². The van der Waals surface area contributed by atoms with E-state index in [0.29, 0.717) is 22.1 Å². The van der Waals surface area contributed by atoms with E-state index in [1.165, 1.54) is 52.6 Å². The molecular weight excluding hydrogens is 456 g/mol. The van der Waals surface area contributed by atoms with Gasteiger partial charge in [-0.2, -0.15) is 0 Å². The molecule has 0 unspecified atom stereocenters. The summed E-state index contributed by atoms with van der Waals surface area (Å²) in [6, 6.07) is 9.40. The minimum atomic E-state index is -0.879. The predicted molar refractivity (Wildman–Crippen MR) is 119 cm³/mol. The Morgan fingerprint density at radius 3 is 2.59 bits per heavy atom. The predicted octanol–water partition coefficient (Wildman–Crippen LogP) is 4.52. The summed E-state index contributed by atoms with van der Waals surface area (Å²) < 4.78 is 5.85. The molecule has 0 saturated heterocycles. The van der Waals surface area contributed by atoms with Crippen LogP contribution in [-0.2, 0) is 6.42 Å². The molecule has 2 aromatic heterocycles. The van der Waals surface area contributed by atoms with Crippen LogP contribution in [0.2, 0.25) is 5.02 Å². The second kappa shape index (κ2) is 7.50. The van der Waals surface area contributed by atoms with Gasteiger partial charge >= 0.3 is 0 Å². The average molecular weight is 469 g/mol. The Morgan fingerprint density at radius 1 is 1.19 bits per heavy atom. The maximum atomic E-state index is 13.5. The van der Waals surface area contributed by atoms with Gasteiger partial charge in [0, 0.05) is 17.2 Å². The van der Waals surface area contributed by atoms with Gasteiger partial charge < -0.3 is 4.42 Å². The quantitative estimate of drug-likeness (QED) is 0.319. The largest absolute Gasteiger partial charge is 0.450 e. The van der Waals surface area contributed by atoms with Crippen molar-refractivity contribution in [3.05, 3.63) is 89.7 Å². The first-order valence-electron chi connectivity index (χ1n) is 9.55. The summed E-state index contributed by atoms with van der Waals surface area (Å²) in [7, 11) is 0. The van der Waals surface area contributed by atoms with Gasteiger partial charge in [0.2, 0.25) is 10.9 Å². The molecule has 5 rings (SSSR count). The van der Waals surface area contributed by atoms with Crippen molar-refractivity contribution in [1.29, 1.82) is 0 Å². The third-order valence-electron chi connectivity index (χ3n) is 5.22. The SMILES string of the molecule is CCc1nnc(N2C(=O)c3oc4ccc(Cl)cc4c(=O)c3[C@H]2c2ccc([N+](=O)[O-])cc2)s1. The lowest BCUT2D eigenvalue weighted by atomic mass is 9.98. The maximum absolute atomic E-state index is 13.5. The Morgan fingerprint density at radius 2 is 1.94 bits per heavy atom. The number of halogens is 1. The molecule has 3 heterocycles.